The van der Waals surface area contributed by atoms with Gasteiger partial charge in [-0.15, -0.1) is 0 Å². The molecular weight excluding hydrogens is 318 g/mol. The molecule has 0 aliphatic carbocycles. The van der Waals surface area contributed by atoms with Crippen molar-refractivity contribution in [3.05, 3.63) is 47.8 Å². The van der Waals surface area contributed by atoms with Crippen molar-refractivity contribution in [3.63, 3.8) is 0 Å². The van der Waals surface area contributed by atoms with Gasteiger partial charge in [0.25, 0.3) is 0 Å². The molecule has 1 saturated heterocycles. The van der Waals surface area contributed by atoms with Crippen LogP contribution in [0, 0.1) is 0 Å². The lowest BCUT2D eigenvalue weighted by molar-refractivity contribution is -0.126. The Hall–Kier alpha value is -2.76. The van der Waals surface area contributed by atoms with E-state index < -0.39 is 0 Å². The van der Waals surface area contributed by atoms with E-state index in [0.717, 1.165) is 42.0 Å². The molecule has 0 bridgehead atoms. The molecule has 1 aromatic heterocycles. The third-order valence-electron chi connectivity index (χ3n) is 4.48. The van der Waals surface area contributed by atoms with Crippen molar-refractivity contribution in [3.8, 4) is 11.5 Å². The average Bonchev–Trinajstić information content (AvgIpc) is 3.28. The van der Waals surface area contributed by atoms with Crippen LogP contribution in [0.2, 0.25) is 0 Å². The second-order valence-corrected chi connectivity index (χ2v) is 6.08. The van der Waals surface area contributed by atoms with Crippen LogP contribution in [-0.2, 0) is 11.8 Å². The smallest absolute Gasteiger partial charge is 0.247 e. The fourth-order valence-electron chi connectivity index (χ4n) is 3.24. The molecule has 1 aliphatic rings. The van der Waals surface area contributed by atoms with Gasteiger partial charge in [-0.05, 0) is 31.1 Å². The van der Waals surface area contributed by atoms with Crippen molar-refractivity contribution in [1.29, 1.82) is 0 Å². The molecule has 3 rings (SSSR count). The van der Waals surface area contributed by atoms with Gasteiger partial charge < -0.3 is 14.4 Å². The van der Waals surface area contributed by atoms with Gasteiger partial charge in [-0.3, -0.25) is 9.48 Å². The van der Waals surface area contributed by atoms with E-state index in [1.54, 1.807) is 37.3 Å². The highest BCUT2D eigenvalue weighted by Crippen LogP contribution is 2.38. The summed E-state index contributed by atoms with van der Waals surface area (Å²) >= 11 is 0. The Morgan fingerprint density at radius 2 is 2.16 bits per heavy atom. The fourth-order valence-corrected chi connectivity index (χ4v) is 3.24. The van der Waals surface area contributed by atoms with Crippen LogP contribution in [0.1, 0.15) is 30.0 Å². The predicted octanol–water partition coefficient (Wildman–Crippen LogP) is 2.81. The molecule has 1 unspecified atom stereocenters. The van der Waals surface area contributed by atoms with Gasteiger partial charge in [0.1, 0.15) is 11.5 Å². The van der Waals surface area contributed by atoms with E-state index >= 15 is 0 Å². The molecule has 2 aromatic rings. The first-order valence-corrected chi connectivity index (χ1v) is 8.31. The number of ether oxygens (including phenoxy) is 2. The minimum Gasteiger partial charge on any atom is -0.497 e. The molecule has 1 aliphatic heterocycles. The number of methoxy groups -OCH3 is 2. The van der Waals surface area contributed by atoms with Crippen molar-refractivity contribution < 1.29 is 14.3 Å². The molecule has 0 saturated carbocycles. The second kappa shape index (κ2) is 7.42. The maximum Gasteiger partial charge on any atom is 0.247 e. The number of carbonyl (C=O) groups is 1. The molecule has 1 aromatic carbocycles. The van der Waals surface area contributed by atoms with Crippen LogP contribution in [0.4, 0.5) is 0 Å². The molecule has 1 fully saturated rings. The van der Waals surface area contributed by atoms with Gasteiger partial charge in [0.2, 0.25) is 5.91 Å². The van der Waals surface area contributed by atoms with Gasteiger partial charge >= 0.3 is 0 Å². The van der Waals surface area contributed by atoms with Crippen molar-refractivity contribution >= 4 is 12.0 Å². The maximum absolute atomic E-state index is 12.7. The summed E-state index contributed by atoms with van der Waals surface area (Å²) in [6.07, 6.45) is 8.93. The van der Waals surface area contributed by atoms with Crippen LogP contribution < -0.4 is 9.47 Å². The number of nitrogens with zero attached hydrogens (tertiary/aromatic N) is 3. The van der Waals surface area contributed by atoms with E-state index in [1.165, 1.54) is 0 Å². The summed E-state index contributed by atoms with van der Waals surface area (Å²) in [5.74, 6) is 1.50. The predicted molar refractivity (Wildman–Crippen MR) is 95.5 cm³/mol. The number of hydrogen-bond donors (Lipinski definition) is 0. The first-order chi connectivity index (χ1) is 12.1. The van der Waals surface area contributed by atoms with Crippen molar-refractivity contribution in [2.45, 2.75) is 18.9 Å². The van der Waals surface area contributed by atoms with Crippen molar-refractivity contribution in [2.75, 3.05) is 20.8 Å². The monoisotopic (exact) mass is 341 g/mol. The number of amides is 1. The number of benzene rings is 1. The Bertz CT molecular complexity index is 782. The second-order valence-electron chi connectivity index (χ2n) is 6.08. The van der Waals surface area contributed by atoms with E-state index in [0.29, 0.717) is 0 Å². The van der Waals surface area contributed by atoms with Crippen molar-refractivity contribution in [2.24, 2.45) is 7.05 Å². The summed E-state index contributed by atoms with van der Waals surface area (Å²) in [5.41, 5.74) is 1.93. The van der Waals surface area contributed by atoms with Crippen LogP contribution in [0.25, 0.3) is 6.08 Å². The zero-order valence-electron chi connectivity index (χ0n) is 14.8. The number of rotatable bonds is 5. The Morgan fingerprint density at radius 1 is 1.32 bits per heavy atom. The molecule has 0 radical (unpaired) electrons. The summed E-state index contributed by atoms with van der Waals surface area (Å²) in [6, 6.07) is 5.78. The Balaban J connectivity index is 1.80. The largest absolute Gasteiger partial charge is 0.497 e. The molecule has 2 heterocycles. The molecule has 25 heavy (non-hydrogen) atoms. The average molecular weight is 341 g/mol. The molecule has 1 atom stereocenters. The number of aryl methyl sites for hydroxylation is 1. The lowest BCUT2D eigenvalue weighted by Gasteiger charge is -2.25. The molecule has 1 amide bonds. The zero-order chi connectivity index (χ0) is 17.8. The van der Waals surface area contributed by atoms with E-state index in [4.69, 9.17) is 9.47 Å². The van der Waals surface area contributed by atoms with Crippen LogP contribution in [0.3, 0.4) is 0 Å². The number of carbonyl (C=O) groups excluding carboxylic acids is 1. The molecule has 0 spiro atoms. The van der Waals surface area contributed by atoms with Gasteiger partial charge in [-0.1, -0.05) is 0 Å². The topological polar surface area (TPSA) is 56.6 Å². The van der Waals surface area contributed by atoms with Gasteiger partial charge in [0.15, 0.2) is 0 Å². The quantitative estimate of drug-likeness (QED) is 0.785. The van der Waals surface area contributed by atoms with Gasteiger partial charge in [0, 0.05) is 43.1 Å². The summed E-state index contributed by atoms with van der Waals surface area (Å²) < 4.78 is 12.5. The number of likely N-dealkylation sites (tertiary alicyclic amines) is 1. The van der Waals surface area contributed by atoms with Crippen LogP contribution in [0.15, 0.2) is 36.7 Å². The Labute approximate surface area is 147 Å². The highest BCUT2D eigenvalue weighted by molar-refractivity contribution is 5.92. The third-order valence-corrected chi connectivity index (χ3v) is 4.48. The summed E-state index contributed by atoms with van der Waals surface area (Å²) in [7, 11) is 5.12. The minimum absolute atomic E-state index is 0.00391. The van der Waals surface area contributed by atoms with E-state index in [-0.39, 0.29) is 11.9 Å². The molecular formula is C19H23N3O3. The van der Waals surface area contributed by atoms with Gasteiger partial charge in [-0.2, -0.15) is 5.10 Å². The van der Waals surface area contributed by atoms with Gasteiger partial charge in [0.05, 0.1) is 26.5 Å². The van der Waals surface area contributed by atoms with Crippen LogP contribution in [-0.4, -0.2) is 41.4 Å². The zero-order valence-corrected chi connectivity index (χ0v) is 14.8. The van der Waals surface area contributed by atoms with Crippen LogP contribution in [0.5, 0.6) is 11.5 Å². The first-order valence-electron chi connectivity index (χ1n) is 8.31. The number of hydrogen-bond acceptors (Lipinski definition) is 4. The summed E-state index contributed by atoms with van der Waals surface area (Å²) in [5, 5.41) is 4.11. The third kappa shape index (κ3) is 3.68. The summed E-state index contributed by atoms with van der Waals surface area (Å²) in [4.78, 5) is 14.6. The molecule has 0 N–H and O–H groups in total. The van der Waals surface area contributed by atoms with Crippen molar-refractivity contribution in [1.82, 2.24) is 14.7 Å². The molecule has 6 nitrogen and oxygen atoms in total. The minimum atomic E-state index is 0.00391. The standard InChI is InChI=1S/C19H23N3O3/c1-21-13-14(12-20-21)6-9-19(23)22-10-4-5-17(22)16-8-7-15(24-2)11-18(16)25-3/h6-9,11-13,17H,4-5,10H2,1-3H3. The Kier molecular flexibility index (Phi) is 5.07. The lowest BCUT2D eigenvalue weighted by Crippen LogP contribution is -2.29. The van der Waals surface area contributed by atoms with E-state index in [9.17, 15) is 4.79 Å². The number of aromatic nitrogens is 2. The van der Waals surface area contributed by atoms with Gasteiger partial charge in [-0.25, -0.2) is 0 Å². The molecule has 6 heteroatoms. The molecule has 132 valence electrons. The highest BCUT2D eigenvalue weighted by Gasteiger charge is 2.30. The van der Waals surface area contributed by atoms with Crippen LogP contribution >= 0.6 is 0 Å². The fraction of sp³-hybridized carbons (Fsp3) is 0.368. The van der Waals surface area contributed by atoms with E-state index in [2.05, 4.69) is 5.10 Å². The lowest BCUT2D eigenvalue weighted by atomic mass is 10.0. The first kappa shape index (κ1) is 17.1. The highest BCUT2D eigenvalue weighted by atomic mass is 16.5. The van der Waals surface area contributed by atoms with E-state index in [1.807, 2.05) is 36.3 Å². The normalized spacial score (nSPS) is 17.2. The SMILES string of the molecule is COc1ccc(C2CCCN2C(=O)C=Cc2cnn(C)c2)c(OC)c1. The summed E-state index contributed by atoms with van der Waals surface area (Å²) in [6.45, 7) is 0.746. The maximum atomic E-state index is 12.7. The Morgan fingerprint density at radius 3 is 2.84 bits per heavy atom.